The standard InChI is InChI=1S/C26H24Cl2N2O6/c1-4-35-26(33)22-20(12-30-24(31)15-8-5-6-9-16(15)25(30)32)29-14(2)18(13-36-34-3)21(22)17-10-7-11-19(27)23(17)28/h5-11,18,21H,4,12-13H2,1-3H3. The fourth-order valence-electron chi connectivity index (χ4n) is 4.58. The van der Waals surface area contributed by atoms with Gasteiger partial charge in [0.05, 0.1) is 59.3 Å². The first-order valence-electron chi connectivity index (χ1n) is 11.3. The van der Waals surface area contributed by atoms with Crippen molar-refractivity contribution in [3.8, 4) is 0 Å². The van der Waals surface area contributed by atoms with Gasteiger partial charge in [-0.1, -0.05) is 47.5 Å². The summed E-state index contributed by atoms with van der Waals surface area (Å²) in [6, 6.07) is 11.7. The first-order valence-corrected chi connectivity index (χ1v) is 12.1. The summed E-state index contributed by atoms with van der Waals surface area (Å²) >= 11 is 12.9. The van der Waals surface area contributed by atoms with E-state index in [9.17, 15) is 14.4 Å². The number of hydrogen-bond donors (Lipinski definition) is 0. The molecule has 0 bridgehead atoms. The first-order chi connectivity index (χ1) is 17.3. The van der Waals surface area contributed by atoms with E-state index in [-0.39, 0.29) is 36.1 Å². The number of hydrogen-bond acceptors (Lipinski definition) is 7. The molecule has 10 heteroatoms. The fraction of sp³-hybridized carbons (Fsp3) is 0.308. The molecule has 2 unspecified atom stereocenters. The molecular weight excluding hydrogens is 507 g/mol. The van der Waals surface area contributed by atoms with Crippen LogP contribution >= 0.6 is 23.2 Å². The Bertz CT molecular complexity index is 1250. The third-order valence-electron chi connectivity index (χ3n) is 6.24. The average Bonchev–Trinajstić information content (AvgIpc) is 3.10. The van der Waals surface area contributed by atoms with Crippen molar-refractivity contribution in [2.24, 2.45) is 10.9 Å². The molecular formula is C26H24Cl2N2O6. The normalized spacial score (nSPS) is 19.5. The van der Waals surface area contributed by atoms with Crippen LogP contribution in [-0.2, 0) is 19.3 Å². The zero-order valence-electron chi connectivity index (χ0n) is 19.9. The molecule has 8 nitrogen and oxygen atoms in total. The van der Waals surface area contributed by atoms with Crippen LogP contribution in [0, 0.1) is 5.92 Å². The minimum Gasteiger partial charge on any atom is -0.463 e. The summed E-state index contributed by atoms with van der Waals surface area (Å²) in [5, 5.41) is 0.578. The average molecular weight is 531 g/mol. The molecule has 0 N–H and O–H groups in total. The van der Waals surface area contributed by atoms with Gasteiger partial charge in [0.2, 0.25) is 0 Å². The molecule has 0 spiro atoms. The minimum atomic E-state index is -0.687. The molecule has 2 aliphatic heterocycles. The second-order valence-electron chi connectivity index (χ2n) is 8.25. The number of esters is 1. The Labute approximate surface area is 218 Å². The number of fused-ring (bicyclic) bond motifs is 1. The van der Waals surface area contributed by atoms with E-state index in [1.165, 1.54) is 7.11 Å². The van der Waals surface area contributed by atoms with E-state index in [1.54, 1.807) is 56.3 Å². The Morgan fingerprint density at radius 3 is 2.33 bits per heavy atom. The first kappa shape index (κ1) is 26.0. The van der Waals surface area contributed by atoms with Gasteiger partial charge < -0.3 is 4.74 Å². The van der Waals surface area contributed by atoms with E-state index in [0.29, 0.717) is 27.4 Å². The van der Waals surface area contributed by atoms with Gasteiger partial charge in [0.25, 0.3) is 11.8 Å². The van der Waals surface area contributed by atoms with Crippen molar-refractivity contribution in [3.05, 3.63) is 80.5 Å². The molecule has 2 aromatic carbocycles. The summed E-state index contributed by atoms with van der Waals surface area (Å²) in [5.41, 5.74) is 2.18. The monoisotopic (exact) mass is 530 g/mol. The number of halogens is 2. The summed E-state index contributed by atoms with van der Waals surface area (Å²) in [5.74, 6) is -2.70. The predicted molar refractivity (Wildman–Crippen MR) is 134 cm³/mol. The molecule has 2 atom stereocenters. The molecule has 188 valence electrons. The summed E-state index contributed by atoms with van der Waals surface area (Å²) in [6.07, 6.45) is 0. The van der Waals surface area contributed by atoms with E-state index >= 15 is 0 Å². The highest BCUT2D eigenvalue weighted by atomic mass is 35.5. The van der Waals surface area contributed by atoms with Crippen LogP contribution in [0.15, 0.2) is 58.7 Å². The van der Waals surface area contributed by atoms with Crippen LogP contribution in [0.2, 0.25) is 10.0 Å². The summed E-state index contributed by atoms with van der Waals surface area (Å²) < 4.78 is 5.40. The lowest BCUT2D eigenvalue weighted by Crippen LogP contribution is -2.38. The number of amides is 2. The number of carbonyl (C=O) groups is 3. The molecule has 2 aliphatic rings. The van der Waals surface area contributed by atoms with Crippen molar-refractivity contribution in [2.75, 3.05) is 26.9 Å². The number of ether oxygens (including phenoxy) is 1. The maximum absolute atomic E-state index is 13.4. The van der Waals surface area contributed by atoms with E-state index in [1.807, 2.05) is 0 Å². The molecule has 36 heavy (non-hydrogen) atoms. The molecule has 4 rings (SSSR count). The van der Waals surface area contributed by atoms with Crippen LogP contribution in [0.25, 0.3) is 0 Å². The van der Waals surface area contributed by atoms with Crippen LogP contribution in [0.5, 0.6) is 0 Å². The highest BCUT2D eigenvalue weighted by Crippen LogP contribution is 2.44. The lowest BCUT2D eigenvalue weighted by atomic mass is 9.75. The lowest BCUT2D eigenvalue weighted by Gasteiger charge is -2.34. The molecule has 0 radical (unpaired) electrons. The second kappa shape index (κ2) is 10.9. The number of nitrogens with zero attached hydrogens (tertiary/aromatic N) is 2. The van der Waals surface area contributed by atoms with Gasteiger partial charge in [-0.2, -0.15) is 0 Å². The molecule has 2 heterocycles. The van der Waals surface area contributed by atoms with Crippen LogP contribution in [0.3, 0.4) is 0 Å². The van der Waals surface area contributed by atoms with Gasteiger partial charge in [-0.15, -0.1) is 0 Å². The van der Waals surface area contributed by atoms with Gasteiger partial charge in [-0.25, -0.2) is 14.6 Å². The lowest BCUT2D eigenvalue weighted by molar-refractivity contribution is -0.277. The Kier molecular flexibility index (Phi) is 7.90. The second-order valence-corrected chi connectivity index (χ2v) is 9.04. The molecule has 0 saturated carbocycles. The summed E-state index contributed by atoms with van der Waals surface area (Å²) in [6.45, 7) is 3.42. The van der Waals surface area contributed by atoms with E-state index in [4.69, 9.17) is 37.7 Å². The maximum atomic E-state index is 13.4. The number of aliphatic imine (C=N–C) groups is 1. The van der Waals surface area contributed by atoms with Crippen LogP contribution in [-0.4, -0.2) is 55.3 Å². The van der Waals surface area contributed by atoms with Crippen LogP contribution < -0.4 is 0 Å². The zero-order valence-corrected chi connectivity index (χ0v) is 21.4. The Morgan fingerprint density at radius 2 is 1.72 bits per heavy atom. The van der Waals surface area contributed by atoms with Crippen molar-refractivity contribution < 1.29 is 28.9 Å². The maximum Gasteiger partial charge on any atom is 0.336 e. The number of imide groups is 1. The molecule has 2 amide bonds. The molecule has 0 fully saturated rings. The van der Waals surface area contributed by atoms with Crippen molar-refractivity contribution in [3.63, 3.8) is 0 Å². The van der Waals surface area contributed by atoms with E-state index < -0.39 is 29.6 Å². The van der Waals surface area contributed by atoms with Crippen molar-refractivity contribution in [1.82, 2.24) is 4.90 Å². The minimum absolute atomic E-state index is 0.0581. The van der Waals surface area contributed by atoms with Gasteiger partial charge in [-0.05, 0) is 37.6 Å². The smallest absolute Gasteiger partial charge is 0.336 e. The number of rotatable bonds is 8. The topological polar surface area (TPSA) is 94.5 Å². The van der Waals surface area contributed by atoms with E-state index in [0.717, 1.165) is 4.90 Å². The molecule has 2 aromatic rings. The van der Waals surface area contributed by atoms with Gasteiger partial charge in [0, 0.05) is 17.5 Å². The van der Waals surface area contributed by atoms with Gasteiger partial charge in [-0.3, -0.25) is 19.5 Å². The SMILES string of the molecule is CCOC(=O)C1=C(CN2C(=O)c3ccccc3C2=O)N=C(C)C(COOC)C1c1cccc(Cl)c1Cl. The molecule has 0 aromatic heterocycles. The van der Waals surface area contributed by atoms with E-state index in [2.05, 4.69) is 4.99 Å². The van der Waals surface area contributed by atoms with Crippen molar-refractivity contribution >= 4 is 46.7 Å². The zero-order chi connectivity index (χ0) is 26.0. The van der Waals surface area contributed by atoms with Gasteiger partial charge in [0.1, 0.15) is 0 Å². The van der Waals surface area contributed by atoms with Crippen molar-refractivity contribution in [1.29, 1.82) is 0 Å². The predicted octanol–water partition coefficient (Wildman–Crippen LogP) is 4.86. The largest absolute Gasteiger partial charge is 0.463 e. The Morgan fingerprint density at radius 1 is 1.06 bits per heavy atom. The number of carbonyl (C=O) groups excluding carboxylic acids is 3. The third-order valence-corrected chi connectivity index (χ3v) is 7.07. The Hall–Kier alpha value is -3.04. The summed E-state index contributed by atoms with van der Waals surface area (Å²) in [7, 11) is 1.38. The van der Waals surface area contributed by atoms with Crippen molar-refractivity contribution in [2.45, 2.75) is 19.8 Å². The highest BCUT2D eigenvalue weighted by molar-refractivity contribution is 6.42. The van der Waals surface area contributed by atoms with Crippen LogP contribution in [0.4, 0.5) is 0 Å². The van der Waals surface area contributed by atoms with Crippen LogP contribution in [0.1, 0.15) is 46.0 Å². The highest BCUT2D eigenvalue weighted by Gasteiger charge is 2.43. The Balaban J connectivity index is 1.87. The summed E-state index contributed by atoms with van der Waals surface area (Å²) in [4.78, 5) is 55.3. The number of benzene rings is 2. The molecule has 0 saturated heterocycles. The van der Waals surface area contributed by atoms with Gasteiger partial charge >= 0.3 is 5.97 Å². The molecule has 0 aliphatic carbocycles. The fourth-order valence-corrected chi connectivity index (χ4v) is 5.00. The third kappa shape index (κ3) is 4.69. The van der Waals surface area contributed by atoms with Gasteiger partial charge in [0.15, 0.2) is 0 Å². The quantitative estimate of drug-likeness (QED) is 0.209.